The van der Waals surface area contributed by atoms with Gasteiger partial charge in [-0.2, -0.15) is 0 Å². The second kappa shape index (κ2) is 6.26. The summed E-state index contributed by atoms with van der Waals surface area (Å²) < 4.78 is 26.4. The number of hydrogen-bond donors (Lipinski definition) is 1. The van der Waals surface area contributed by atoms with Gasteiger partial charge < -0.3 is 5.32 Å². The van der Waals surface area contributed by atoms with Crippen molar-refractivity contribution >= 4 is 0 Å². The quantitative estimate of drug-likeness (QED) is 0.939. The molecule has 0 bridgehead atoms. The van der Waals surface area contributed by atoms with Crippen LogP contribution in [0.3, 0.4) is 0 Å². The molecule has 5 heteroatoms. The zero-order valence-electron chi connectivity index (χ0n) is 12.5. The van der Waals surface area contributed by atoms with Crippen molar-refractivity contribution in [3.05, 3.63) is 59.2 Å². The van der Waals surface area contributed by atoms with Crippen molar-refractivity contribution in [3.8, 4) is 0 Å². The van der Waals surface area contributed by atoms with E-state index in [-0.39, 0.29) is 12.0 Å². The maximum Gasteiger partial charge on any atom is 0.132 e. The van der Waals surface area contributed by atoms with Gasteiger partial charge >= 0.3 is 0 Å². The number of aromatic nitrogens is 2. The summed E-state index contributed by atoms with van der Waals surface area (Å²) in [6, 6.07) is 3.53. The van der Waals surface area contributed by atoms with Crippen LogP contribution in [0.25, 0.3) is 0 Å². The predicted molar refractivity (Wildman–Crippen MR) is 77.8 cm³/mol. The van der Waals surface area contributed by atoms with Crippen molar-refractivity contribution in [1.82, 2.24) is 15.3 Å². The third-order valence-corrected chi connectivity index (χ3v) is 2.95. The monoisotopic (exact) mass is 291 g/mol. The largest absolute Gasteiger partial charge is 0.308 e. The van der Waals surface area contributed by atoms with Gasteiger partial charge in [0.2, 0.25) is 0 Å². The van der Waals surface area contributed by atoms with Crippen LogP contribution in [-0.2, 0) is 13.0 Å². The van der Waals surface area contributed by atoms with Crippen LogP contribution < -0.4 is 5.32 Å². The highest BCUT2D eigenvalue weighted by Gasteiger charge is 2.10. The van der Waals surface area contributed by atoms with Crippen molar-refractivity contribution in [2.24, 2.45) is 0 Å². The molecule has 2 aromatic rings. The van der Waals surface area contributed by atoms with E-state index in [0.29, 0.717) is 17.9 Å². The number of halogens is 2. The summed E-state index contributed by atoms with van der Waals surface area (Å²) in [7, 11) is 0. The summed E-state index contributed by atoms with van der Waals surface area (Å²) in [5.41, 5.74) is 1.38. The fourth-order valence-electron chi connectivity index (χ4n) is 1.77. The predicted octanol–water partition coefficient (Wildman–Crippen LogP) is 3.23. The average molecular weight is 291 g/mol. The number of benzene rings is 1. The van der Waals surface area contributed by atoms with Gasteiger partial charge in [0.1, 0.15) is 17.5 Å². The molecular weight excluding hydrogens is 272 g/mol. The van der Waals surface area contributed by atoms with E-state index in [2.05, 4.69) is 36.1 Å². The Morgan fingerprint density at radius 1 is 1.10 bits per heavy atom. The summed E-state index contributed by atoms with van der Waals surface area (Å²) in [6.07, 6.45) is 3.70. The van der Waals surface area contributed by atoms with Gasteiger partial charge in [0, 0.05) is 42.5 Å². The minimum Gasteiger partial charge on any atom is -0.308 e. The first-order valence-corrected chi connectivity index (χ1v) is 6.82. The molecule has 0 spiro atoms. The molecule has 1 heterocycles. The lowest BCUT2D eigenvalue weighted by Crippen LogP contribution is -2.35. The highest BCUT2D eigenvalue weighted by Crippen LogP contribution is 2.12. The molecule has 0 aliphatic heterocycles. The zero-order valence-corrected chi connectivity index (χ0v) is 12.5. The second-order valence-corrected chi connectivity index (χ2v) is 6.02. The molecule has 0 saturated carbocycles. The van der Waals surface area contributed by atoms with Crippen LogP contribution in [0.4, 0.5) is 8.78 Å². The zero-order chi connectivity index (χ0) is 15.5. The number of rotatable bonds is 4. The van der Waals surface area contributed by atoms with Crippen LogP contribution in [0.15, 0.2) is 30.6 Å². The molecule has 112 valence electrons. The van der Waals surface area contributed by atoms with Gasteiger partial charge in [-0.25, -0.2) is 18.7 Å². The lowest BCUT2D eigenvalue weighted by Gasteiger charge is -2.20. The second-order valence-electron chi connectivity index (χ2n) is 6.02. The molecule has 0 saturated heterocycles. The van der Waals surface area contributed by atoms with Crippen LogP contribution in [0.1, 0.15) is 37.7 Å². The van der Waals surface area contributed by atoms with E-state index in [9.17, 15) is 8.78 Å². The lowest BCUT2D eigenvalue weighted by atomic mass is 10.1. The van der Waals surface area contributed by atoms with Crippen LogP contribution in [0.2, 0.25) is 0 Å². The Bertz CT molecular complexity index is 604. The molecule has 0 amide bonds. The Morgan fingerprint density at radius 3 is 2.33 bits per heavy atom. The molecule has 21 heavy (non-hydrogen) atoms. The van der Waals surface area contributed by atoms with Gasteiger partial charge in [-0.3, -0.25) is 0 Å². The Hall–Kier alpha value is -1.88. The minimum absolute atomic E-state index is 0.0237. The number of nitrogens with zero attached hydrogens (tertiary/aromatic N) is 2. The molecule has 0 radical (unpaired) electrons. The molecule has 1 aromatic heterocycles. The van der Waals surface area contributed by atoms with Gasteiger partial charge in [0.05, 0.1) is 0 Å². The van der Waals surface area contributed by atoms with Crippen molar-refractivity contribution in [2.45, 2.75) is 39.3 Å². The van der Waals surface area contributed by atoms with Gasteiger partial charge in [-0.1, -0.05) is 6.07 Å². The summed E-state index contributed by atoms with van der Waals surface area (Å²) in [6.45, 7) is 6.92. The van der Waals surface area contributed by atoms with E-state index in [1.165, 1.54) is 12.1 Å². The van der Waals surface area contributed by atoms with Crippen molar-refractivity contribution in [2.75, 3.05) is 0 Å². The summed E-state index contributed by atoms with van der Waals surface area (Å²) >= 11 is 0. The smallest absolute Gasteiger partial charge is 0.132 e. The Labute approximate surface area is 123 Å². The highest BCUT2D eigenvalue weighted by molar-refractivity contribution is 5.22. The van der Waals surface area contributed by atoms with Crippen LogP contribution >= 0.6 is 0 Å². The third-order valence-electron chi connectivity index (χ3n) is 2.95. The van der Waals surface area contributed by atoms with Gasteiger partial charge in [0.15, 0.2) is 0 Å². The molecule has 3 nitrogen and oxygen atoms in total. The SMILES string of the molecule is CC(C)(C)NCc1cnc(Cc2ccc(F)cc2F)nc1. The number of nitrogens with one attached hydrogen (secondary N) is 1. The van der Waals surface area contributed by atoms with Crippen LogP contribution in [0, 0.1) is 11.6 Å². The minimum atomic E-state index is -0.583. The van der Waals surface area contributed by atoms with E-state index in [1.54, 1.807) is 12.4 Å². The van der Waals surface area contributed by atoms with Gasteiger partial charge in [-0.15, -0.1) is 0 Å². The first-order valence-electron chi connectivity index (χ1n) is 6.82. The molecule has 0 aliphatic rings. The number of hydrogen-bond acceptors (Lipinski definition) is 3. The Kier molecular flexibility index (Phi) is 4.63. The van der Waals surface area contributed by atoms with E-state index >= 15 is 0 Å². The molecular formula is C16H19F2N3. The molecule has 0 atom stereocenters. The van der Waals surface area contributed by atoms with E-state index in [1.807, 2.05) is 0 Å². The topological polar surface area (TPSA) is 37.8 Å². The molecule has 1 N–H and O–H groups in total. The summed E-state index contributed by atoms with van der Waals surface area (Å²) in [4.78, 5) is 8.45. The van der Waals surface area contributed by atoms with Crippen molar-refractivity contribution < 1.29 is 8.78 Å². The maximum atomic E-state index is 13.6. The molecule has 0 fully saturated rings. The highest BCUT2D eigenvalue weighted by atomic mass is 19.1. The van der Waals surface area contributed by atoms with Gasteiger partial charge in [-0.05, 0) is 32.4 Å². The van der Waals surface area contributed by atoms with E-state index in [0.717, 1.165) is 11.6 Å². The summed E-state index contributed by atoms with van der Waals surface area (Å²) in [5, 5.41) is 3.34. The lowest BCUT2D eigenvalue weighted by molar-refractivity contribution is 0.423. The third kappa shape index (κ3) is 4.86. The fourth-order valence-corrected chi connectivity index (χ4v) is 1.77. The fraction of sp³-hybridized carbons (Fsp3) is 0.375. The van der Waals surface area contributed by atoms with E-state index < -0.39 is 11.6 Å². The van der Waals surface area contributed by atoms with Crippen molar-refractivity contribution in [3.63, 3.8) is 0 Å². The van der Waals surface area contributed by atoms with E-state index in [4.69, 9.17) is 0 Å². The standard InChI is InChI=1S/C16H19F2N3/c1-16(2,3)21-10-11-8-19-15(20-9-11)6-12-4-5-13(17)7-14(12)18/h4-5,7-9,21H,6,10H2,1-3H3. The van der Waals surface area contributed by atoms with Crippen LogP contribution in [-0.4, -0.2) is 15.5 Å². The molecule has 0 aliphatic carbocycles. The first-order chi connectivity index (χ1) is 9.83. The maximum absolute atomic E-state index is 13.6. The molecule has 1 aromatic carbocycles. The molecule has 0 unspecified atom stereocenters. The van der Waals surface area contributed by atoms with Crippen LogP contribution in [0.5, 0.6) is 0 Å². The van der Waals surface area contributed by atoms with Crippen molar-refractivity contribution in [1.29, 1.82) is 0 Å². The normalized spacial score (nSPS) is 11.7. The summed E-state index contributed by atoms with van der Waals surface area (Å²) in [5.74, 6) is -0.641. The first kappa shape index (κ1) is 15.5. The molecule has 2 rings (SSSR count). The van der Waals surface area contributed by atoms with Gasteiger partial charge in [0.25, 0.3) is 0 Å². The Morgan fingerprint density at radius 2 is 1.76 bits per heavy atom. The Balaban J connectivity index is 2.02. The average Bonchev–Trinajstić information content (AvgIpc) is 2.40.